The highest BCUT2D eigenvalue weighted by molar-refractivity contribution is 8.13. The lowest BCUT2D eigenvalue weighted by molar-refractivity contribution is 0.387. The van der Waals surface area contributed by atoms with Crippen molar-refractivity contribution in [3.8, 4) is 0 Å². The van der Waals surface area contributed by atoms with Crippen molar-refractivity contribution in [2.24, 2.45) is 21.6 Å². The predicted molar refractivity (Wildman–Crippen MR) is 118 cm³/mol. The maximum absolute atomic E-state index is 14.3. The SMILES string of the molecule is C/C=C(\C(F)=NC)c1cccc([C@]23CN(c4cnccn4)C[C@H]2CSC(N)=N3)c1. The molecule has 8 heteroatoms. The Kier molecular flexibility index (Phi) is 5.36. The first-order valence-electron chi connectivity index (χ1n) is 9.46. The minimum absolute atomic E-state index is 0.260. The van der Waals surface area contributed by atoms with E-state index in [9.17, 15) is 4.39 Å². The second-order valence-electron chi connectivity index (χ2n) is 7.12. The summed E-state index contributed by atoms with van der Waals surface area (Å²) in [6, 6.07) is 7.91. The molecule has 4 rings (SSSR count). The zero-order valence-corrected chi connectivity index (χ0v) is 17.2. The molecule has 0 bridgehead atoms. The summed E-state index contributed by atoms with van der Waals surface area (Å²) >= 11 is 1.58. The van der Waals surface area contributed by atoms with Crippen molar-refractivity contribution in [2.75, 3.05) is 30.8 Å². The van der Waals surface area contributed by atoms with E-state index >= 15 is 0 Å². The number of rotatable bonds is 4. The van der Waals surface area contributed by atoms with E-state index in [2.05, 4.69) is 25.9 Å². The number of anilines is 1. The van der Waals surface area contributed by atoms with E-state index in [1.165, 1.54) is 7.05 Å². The van der Waals surface area contributed by atoms with Gasteiger partial charge in [-0.15, -0.1) is 0 Å². The monoisotopic (exact) mass is 410 g/mol. The number of amidine groups is 1. The Morgan fingerprint density at radius 1 is 1.41 bits per heavy atom. The number of aromatic nitrogens is 2. The molecule has 1 saturated heterocycles. The van der Waals surface area contributed by atoms with Crippen LogP contribution in [0.25, 0.3) is 5.57 Å². The summed E-state index contributed by atoms with van der Waals surface area (Å²) in [7, 11) is 1.45. The van der Waals surface area contributed by atoms with E-state index in [0.29, 0.717) is 17.3 Å². The molecule has 2 aromatic rings. The van der Waals surface area contributed by atoms with Crippen molar-refractivity contribution in [2.45, 2.75) is 12.5 Å². The number of fused-ring (bicyclic) bond motifs is 1. The lowest BCUT2D eigenvalue weighted by Crippen LogP contribution is -2.40. The molecule has 0 amide bonds. The molecule has 0 unspecified atom stereocenters. The topological polar surface area (TPSA) is 79.8 Å². The summed E-state index contributed by atoms with van der Waals surface area (Å²) < 4.78 is 14.3. The third-order valence-electron chi connectivity index (χ3n) is 5.54. The van der Waals surface area contributed by atoms with Crippen LogP contribution in [0.1, 0.15) is 18.1 Å². The molecular weight excluding hydrogens is 387 g/mol. The molecule has 2 aliphatic heterocycles. The molecule has 0 radical (unpaired) electrons. The lowest BCUT2D eigenvalue weighted by atomic mass is 9.81. The Morgan fingerprint density at radius 3 is 3.00 bits per heavy atom. The van der Waals surface area contributed by atoms with Crippen molar-refractivity contribution < 1.29 is 4.39 Å². The lowest BCUT2D eigenvalue weighted by Gasteiger charge is -2.35. The summed E-state index contributed by atoms with van der Waals surface area (Å²) in [6.45, 7) is 3.27. The van der Waals surface area contributed by atoms with Gasteiger partial charge in [0.1, 0.15) is 11.4 Å². The second kappa shape index (κ2) is 7.94. The predicted octanol–water partition coefficient (Wildman–Crippen LogP) is 3.27. The molecule has 1 aromatic heterocycles. The Bertz CT molecular complexity index is 990. The van der Waals surface area contributed by atoms with Crippen molar-refractivity contribution >= 4 is 34.3 Å². The van der Waals surface area contributed by atoms with Crippen molar-refractivity contribution in [3.63, 3.8) is 0 Å². The molecule has 2 atom stereocenters. The largest absolute Gasteiger partial charge is 0.379 e. The number of hydrogen-bond acceptors (Lipinski definition) is 7. The molecule has 3 heterocycles. The van der Waals surface area contributed by atoms with Crippen LogP contribution in [0.5, 0.6) is 0 Å². The Morgan fingerprint density at radius 2 is 2.28 bits per heavy atom. The summed E-state index contributed by atoms with van der Waals surface area (Å²) in [4.78, 5) is 19.5. The Balaban J connectivity index is 1.78. The van der Waals surface area contributed by atoms with Gasteiger partial charge in [-0.25, -0.2) is 9.98 Å². The number of nitrogens with two attached hydrogens (primary N) is 1. The van der Waals surface area contributed by atoms with Crippen LogP contribution in [0.4, 0.5) is 10.2 Å². The van der Waals surface area contributed by atoms with Crippen LogP contribution in [-0.2, 0) is 5.54 Å². The molecule has 1 aromatic carbocycles. The number of thioether (sulfide) groups is 1. The van der Waals surface area contributed by atoms with Crippen LogP contribution < -0.4 is 10.6 Å². The van der Waals surface area contributed by atoms with Crippen LogP contribution in [-0.4, -0.2) is 47.0 Å². The third-order valence-corrected chi connectivity index (χ3v) is 6.50. The zero-order chi connectivity index (χ0) is 20.4. The van der Waals surface area contributed by atoms with E-state index in [-0.39, 0.29) is 5.92 Å². The highest BCUT2D eigenvalue weighted by Gasteiger charge is 2.50. The number of allylic oxidation sites excluding steroid dienone is 2. The van der Waals surface area contributed by atoms with Gasteiger partial charge in [0.2, 0.25) is 5.97 Å². The molecule has 2 aliphatic rings. The number of aliphatic imine (C=N–C) groups is 2. The molecule has 0 spiro atoms. The molecule has 0 aliphatic carbocycles. The number of benzene rings is 1. The van der Waals surface area contributed by atoms with E-state index in [1.807, 2.05) is 25.1 Å². The number of hydrogen-bond donors (Lipinski definition) is 1. The fourth-order valence-corrected chi connectivity index (χ4v) is 5.12. The highest BCUT2D eigenvalue weighted by Crippen LogP contribution is 2.46. The summed E-state index contributed by atoms with van der Waals surface area (Å²) in [5.41, 5.74) is 7.96. The first-order chi connectivity index (χ1) is 14.1. The molecule has 29 heavy (non-hydrogen) atoms. The van der Waals surface area contributed by atoms with Crippen LogP contribution in [0.3, 0.4) is 0 Å². The van der Waals surface area contributed by atoms with Gasteiger partial charge in [-0.2, -0.15) is 4.39 Å². The normalized spacial score (nSPS) is 25.0. The average molecular weight is 411 g/mol. The van der Waals surface area contributed by atoms with Gasteiger partial charge in [-0.1, -0.05) is 36.0 Å². The summed E-state index contributed by atoms with van der Waals surface area (Å²) in [5.74, 6) is 1.48. The van der Waals surface area contributed by atoms with Crippen LogP contribution in [0.2, 0.25) is 0 Å². The van der Waals surface area contributed by atoms with Crippen molar-refractivity contribution in [1.82, 2.24) is 9.97 Å². The fraction of sp³-hybridized carbons (Fsp3) is 0.333. The highest BCUT2D eigenvalue weighted by atomic mass is 32.2. The molecule has 2 N–H and O–H groups in total. The third kappa shape index (κ3) is 3.53. The van der Waals surface area contributed by atoms with Crippen LogP contribution in [0.15, 0.2) is 58.9 Å². The van der Waals surface area contributed by atoms with E-state index in [1.54, 1.807) is 36.4 Å². The summed E-state index contributed by atoms with van der Waals surface area (Å²) in [6.07, 6.45) is 6.88. The first-order valence-corrected chi connectivity index (χ1v) is 10.4. The number of halogens is 1. The standard InChI is InChI=1S/C21H23FN6S/c1-3-17(19(22)24-2)14-5-4-6-15(9-14)21-13-28(18-10-25-7-8-26-18)11-16(21)12-29-20(23)27-21/h3-10,16H,11-13H2,1-2H3,(H2,23,27)/b17-3-,24-19?/t16-,21+/m0/s1. The van der Waals surface area contributed by atoms with Gasteiger partial charge in [-0.05, 0) is 24.1 Å². The fourth-order valence-electron chi connectivity index (χ4n) is 4.14. The van der Waals surface area contributed by atoms with Crippen LogP contribution in [0, 0.1) is 5.92 Å². The van der Waals surface area contributed by atoms with Gasteiger partial charge >= 0.3 is 0 Å². The molecule has 6 nitrogen and oxygen atoms in total. The van der Waals surface area contributed by atoms with Crippen LogP contribution >= 0.6 is 11.8 Å². The van der Waals surface area contributed by atoms with Gasteiger partial charge in [0.15, 0.2) is 5.17 Å². The van der Waals surface area contributed by atoms with Gasteiger partial charge in [0.05, 0.1) is 6.20 Å². The summed E-state index contributed by atoms with van der Waals surface area (Å²) in [5, 5.41) is 0.584. The maximum atomic E-state index is 14.3. The minimum Gasteiger partial charge on any atom is -0.379 e. The van der Waals surface area contributed by atoms with E-state index in [0.717, 1.165) is 29.2 Å². The van der Waals surface area contributed by atoms with Gasteiger partial charge in [-0.3, -0.25) is 9.98 Å². The van der Waals surface area contributed by atoms with Gasteiger partial charge < -0.3 is 10.6 Å². The average Bonchev–Trinajstić information content (AvgIpc) is 3.15. The number of nitrogens with zero attached hydrogens (tertiary/aromatic N) is 5. The van der Waals surface area contributed by atoms with E-state index < -0.39 is 11.5 Å². The Labute approximate surface area is 173 Å². The second-order valence-corrected chi connectivity index (χ2v) is 8.16. The molecule has 1 fully saturated rings. The van der Waals surface area contributed by atoms with E-state index in [4.69, 9.17) is 10.7 Å². The van der Waals surface area contributed by atoms with Crippen molar-refractivity contribution in [3.05, 3.63) is 60.1 Å². The molecular formula is C21H23FN6S. The molecule has 0 saturated carbocycles. The Hall–Kier alpha value is -2.74. The minimum atomic E-state index is -0.498. The quantitative estimate of drug-likeness (QED) is 0.783. The molecule has 150 valence electrons. The van der Waals surface area contributed by atoms with Gasteiger partial charge in [0, 0.05) is 49.8 Å². The zero-order valence-electron chi connectivity index (χ0n) is 16.4. The van der Waals surface area contributed by atoms with Crippen molar-refractivity contribution in [1.29, 1.82) is 0 Å². The maximum Gasteiger partial charge on any atom is 0.215 e. The van der Waals surface area contributed by atoms with Gasteiger partial charge in [0.25, 0.3) is 0 Å². The first kappa shape index (κ1) is 19.6. The smallest absolute Gasteiger partial charge is 0.215 e.